The molecule has 3 rings (SSSR count). The average molecular weight is 330 g/mol. The average Bonchev–Trinajstić information content (AvgIpc) is 2.97. The summed E-state index contributed by atoms with van der Waals surface area (Å²) in [6, 6.07) is 8.26. The van der Waals surface area contributed by atoms with Crippen LogP contribution in [0.5, 0.6) is 0 Å². The largest absolute Gasteiger partial charge is 0.395 e. The number of hydrogen-bond acceptors (Lipinski definition) is 4. The van der Waals surface area contributed by atoms with Crippen LogP contribution in [0.3, 0.4) is 0 Å². The fourth-order valence-corrected chi connectivity index (χ4v) is 3.35. The van der Waals surface area contributed by atoms with Crippen LogP contribution < -0.4 is 5.32 Å². The molecule has 0 spiro atoms. The molecule has 0 atom stereocenters. The van der Waals surface area contributed by atoms with Crippen molar-refractivity contribution in [3.05, 3.63) is 30.0 Å². The molecule has 0 saturated carbocycles. The molecular formula is C18H26N4O2. The summed E-state index contributed by atoms with van der Waals surface area (Å²) in [6.45, 7) is 6.86. The summed E-state index contributed by atoms with van der Waals surface area (Å²) in [6.07, 6.45) is 1.82. The molecule has 2 aromatic rings. The van der Waals surface area contributed by atoms with Crippen molar-refractivity contribution in [3.8, 4) is 0 Å². The van der Waals surface area contributed by atoms with Crippen LogP contribution >= 0.6 is 0 Å². The molecule has 1 amide bonds. The van der Waals surface area contributed by atoms with E-state index in [1.165, 1.54) is 0 Å². The molecule has 2 heterocycles. The first-order valence-corrected chi connectivity index (χ1v) is 8.71. The molecule has 1 aliphatic rings. The maximum absolute atomic E-state index is 12.7. The molecule has 0 bridgehead atoms. The van der Waals surface area contributed by atoms with Crippen LogP contribution in [0.25, 0.3) is 10.9 Å². The highest BCUT2D eigenvalue weighted by Gasteiger charge is 2.24. The van der Waals surface area contributed by atoms with Gasteiger partial charge in [-0.15, -0.1) is 0 Å². The van der Waals surface area contributed by atoms with E-state index in [0.717, 1.165) is 36.8 Å². The zero-order valence-corrected chi connectivity index (χ0v) is 14.4. The predicted octanol–water partition coefficient (Wildman–Crippen LogP) is 1.80. The molecular weight excluding hydrogens is 304 g/mol. The van der Waals surface area contributed by atoms with Crippen LogP contribution in [0.15, 0.2) is 24.3 Å². The number of rotatable bonds is 5. The van der Waals surface area contributed by atoms with Crippen LogP contribution in [0.1, 0.15) is 43.2 Å². The number of nitrogens with zero attached hydrogens (tertiary/aromatic N) is 3. The Morgan fingerprint density at radius 3 is 2.71 bits per heavy atom. The first-order valence-electron chi connectivity index (χ1n) is 8.71. The van der Waals surface area contributed by atoms with Gasteiger partial charge in [0.05, 0.1) is 12.1 Å². The summed E-state index contributed by atoms with van der Waals surface area (Å²) in [7, 11) is 0. The number of likely N-dealkylation sites (tertiary alicyclic amines) is 1. The standard InChI is InChI=1S/C18H26N4O2/c1-13(2)22-16-6-4-3-5-15(16)17(20-22)18(24)19-14-7-9-21(10-8-14)11-12-23/h3-6,13-14,23H,7-12H2,1-2H3,(H,19,24). The van der Waals surface area contributed by atoms with Crippen molar-refractivity contribution < 1.29 is 9.90 Å². The van der Waals surface area contributed by atoms with Gasteiger partial charge in [0.15, 0.2) is 5.69 Å². The molecule has 6 nitrogen and oxygen atoms in total. The molecule has 0 radical (unpaired) electrons. The molecule has 1 aromatic heterocycles. The third-order valence-electron chi connectivity index (χ3n) is 4.66. The summed E-state index contributed by atoms with van der Waals surface area (Å²) < 4.78 is 1.91. The van der Waals surface area contributed by atoms with Crippen LogP contribution in [-0.4, -0.2) is 58.0 Å². The number of aromatic nitrogens is 2. The van der Waals surface area contributed by atoms with Crippen molar-refractivity contribution in [1.82, 2.24) is 20.0 Å². The number of amides is 1. The number of nitrogens with one attached hydrogen (secondary N) is 1. The third-order valence-corrected chi connectivity index (χ3v) is 4.66. The van der Waals surface area contributed by atoms with Gasteiger partial charge in [0.25, 0.3) is 5.91 Å². The van der Waals surface area contributed by atoms with Crippen molar-refractivity contribution in [3.63, 3.8) is 0 Å². The lowest BCUT2D eigenvalue weighted by Crippen LogP contribution is -2.45. The van der Waals surface area contributed by atoms with Crippen molar-refractivity contribution in [2.24, 2.45) is 0 Å². The smallest absolute Gasteiger partial charge is 0.272 e. The van der Waals surface area contributed by atoms with Gasteiger partial charge in [-0.05, 0) is 32.8 Å². The van der Waals surface area contributed by atoms with Gasteiger partial charge in [-0.2, -0.15) is 5.10 Å². The van der Waals surface area contributed by atoms with Crippen molar-refractivity contribution in [2.45, 2.75) is 38.8 Å². The molecule has 0 aliphatic carbocycles. The second-order valence-corrected chi connectivity index (χ2v) is 6.72. The van der Waals surface area contributed by atoms with Crippen molar-refractivity contribution in [1.29, 1.82) is 0 Å². The van der Waals surface area contributed by atoms with E-state index in [0.29, 0.717) is 12.2 Å². The van der Waals surface area contributed by atoms with E-state index in [1.54, 1.807) is 0 Å². The zero-order chi connectivity index (χ0) is 17.1. The highest BCUT2D eigenvalue weighted by atomic mass is 16.3. The molecule has 1 aliphatic heterocycles. The number of piperidine rings is 1. The van der Waals surface area contributed by atoms with Gasteiger partial charge < -0.3 is 15.3 Å². The molecule has 1 saturated heterocycles. The van der Waals surface area contributed by atoms with Gasteiger partial charge in [0.2, 0.25) is 0 Å². The van der Waals surface area contributed by atoms with E-state index in [9.17, 15) is 4.79 Å². The number of hydrogen-bond donors (Lipinski definition) is 2. The Bertz CT molecular complexity index is 702. The number of carbonyl (C=O) groups excluding carboxylic acids is 1. The van der Waals surface area contributed by atoms with Crippen LogP contribution in [0.4, 0.5) is 0 Å². The Morgan fingerprint density at radius 2 is 2.04 bits per heavy atom. The summed E-state index contributed by atoms with van der Waals surface area (Å²) in [4.78, 5) is 15.0. The van der Waals surface area contributed by atoms with E-state index in [-0.39, 0.29) is 24.6 Å². The van der Waals surface area contributed by atoms with Gasteiger partial charge in [-0.1, -0.05) is 18.2 Å². The summed E-state index contributed by atoms with van der Waals surface area (Å²) >= 11 is 0. The third kappa shape index (κ3) is 3.44. The molecule has 1 aromatic carbocycles. The van der Waals surface area contributed by atoms with Gasteiger partial charge in [-0.25, -0.2) is 0 Å². The summed E-state index contributed by atoms with van der Waals surface area (Å²) in [5, 5.41) is 17.6. The highest BCUT2D eigenvalue weighted by molar-refractivity contribution is 6.05. The van der Waals surface area contributed by atoms with Crippen molar-refractivity contribution >= 4 is 16.8 Å². The lowest BCUT2D eigenvalue weighted by Gasteiger charge is -2.31. The fourth-order valence-electron chi connectivity index (χ4n) is 3.35. The number of fused-ring (bicyclic) bond motifs is 1. The lowest BCUT2D eigenvalue weighted by molar-refractivity contribution is 0.0898. The molecule has 0 unspecified atom stereocenters. The molecule has 2 N–H and O–H groups in total. The SMILES string of the molecule is CC(C)n1nc(C(=O)NC2CCN(CCO)CC2)c2ccccc21. The predicted molar refractivity (Wildman–Crippen MR) is 94.1 cm³/mol. The maximum atomic E-state index is 12.7. The number of carbonyl (C=O) groups is 1. The minimum atomic E-state index is -0.0915. The van der Waals surface area contributed by atoms with Crippen LogP contribution in [-0.2, 0) is 0 Å². The summed E-state index contributed by atoms with van der Waals surface area (Å²) in [5.41, 5.74) is 1.51. The number of aliphatic hydroxyl groups is 1. The number of aliphatic hydroxyl groups excluding tert-OH is 1. The van der Waals surface area contributed by atoms with E-state index in [4.69, 9.17) is 5.11 Å². The molecule has 24 heavy (non-hydrogen) atoms. The van der Waals surface area contributed by atoms with Crippen LogP contribution in [0, 0.1) is 0 Å². The quantitative estimate of drug-likeness (QED) is 0.877. The Morgan fingerprint density at radius 1 is 1.33 bits per heavy atom. The topological polar surface area (TPSA) is 70.4 Å². The molecule has 130 valence electrons. The minimum absolute atomic E-state index is 0.0915. The fraction of sp³-hybridized carbons (Fsp3) is 0.556. The summed E-state index contributed by atoms with van der Waals surface area (Å²) in [5.74, 6) is -0.0915. The Kier molecular flexibility index (Phi) is 5.16. The van der Waals surface area contributed by atoms with E-state index in [2.05, 4.69) is 29.2 Å². The number of benzene rings is 1. The monoisotopic (exact) mass is 330 g/mol. The minimum Gasteiger partial charge on any atom is -0.395 e. The Balaban J connectivity index is 1.73. The first kappa shape index (κ1) is 16.9. The normalized spacial score (nSPS) is 16.8. The Labute approximate surface area is 142 Å². The molecule has 1 fully saturated rings. The zero-order valence-electron chi connectivity index (χ0n) is 14.4. The van der Waals surface area contributed by atoms with Gasteiger partial charge >= 0.3 is 0 Å². The van der Waals surface area contributed by atoms with E-state index < -0.39 is 0 Å². The molecule has 6 heteroatoms. The van der Waals surface area contributed by atoms with Crippen LogP contribution in [0.2, 0.25) is 0 Å². The highest BCUT2D eigenvalue weighted by Crippen LogP contribution is 2.22. The number of para-hydroxylation sites is 1. The van der Waals surface area contributed by atoms with Crippen molar-refractivity contribution in [2.75, 3.05) is 26.2 Å². The van der Waals surface area contributed by atoms with E-state index >= 15 is 0 Å². The van der Waals surface area contributed by atoms with E-state index in [1.807, 2.05) is 28.9 Å². The second-order valence-electron chi connectivity index (χ2n) is 6.72. The maximum Gasteiger partial charge on any atom is 0.272 e. The van der Waals surface area contributed by atoms with Gasteiger partial charge in [-0.3, -0.25) is 9.48 Å². The number of β-amino-alcohol motifs (C(OH)–C–C–N with tert-alkyl or cyclic N) is 1. The Hall–Kier alpha value is -1.92. The second kappa shape index (κ2) is 7.32. The first-order chi connectivity index (χ1) is 11.6. The lowest BCUT2D eigenvalue weighted by atomic mass is 10.0. The van der Waals surface area contributed by atoms with Gasteiger partial charge in [0.1, 0.15) is 0 Å². The van der Waals surface area contributed by atoms with Gasteiger partial charge in [0, 0.05) is 37.1 Å².